The number of aliphatic hydroxyl groups is 1. The summed E-state index contributed by atoms with van der Waals surface area (Å²) in [4.78, 5) is 0. The highest BCUT2D eigenvalue weighted by molar-refractivity contribution is 5.07. The third-order valence-corrected chi connectivity index (χ3v) is 4.07. The molecule has 1 fully saturated rings. The smallest absolute Gasteiger partial charge is 0.388 e. The van der Waals surface area contributed by atoms with Crippen LogP contribution in [0.4, 0.5) is 13.2 Å². The Morgan fingerprint density at radius 1 is 1.19 bits per heavy atom. The van der Waals surface area contributed by atoms with Gasteiger partial charge in [0.25, 0.3) is 0 Å². The van der Waals surface area contributed by atoms with Crippen molar-refractivity contribution >= 4 is 0 Å². The minimum atomic E-state index is -4.15. The van der Waals surface area contributed by atoms with E-state index in [9.17, 15) is 18.3 Å². The fraction of sp³-hybridized carbons (Fsp3) is 0.857. The molecule has 21 heavy (non-hydrogen) atoms. The third-order valence-electron chi connectivity index (χ3n) is 4.07. The molecule has 2 rings (SSSR count). The van der Waals surface area contributed by atoms with E-state index in [0.717, 1.165) is 0 Å². The van der Waals surface area contributed by atoms with E-state index < -0.39 is 12.1 Å². The molecule has 2 atom stereocenters. The van der Waals surface area contributed by atoms with Gasteiger partial charge in [0.2, 0.25) is 0 Å². The summed E-state index contributed by atoms with van der Waals surface area (Å²) in [5.41, 5.74) is -0.373. The van der Waals surface area contributed by atoms with Crippen molar-refractivity contribution in [1.82, 2.24) is 14.8 Å². The van der Waals surface area contributed by atoms with Crippen molar-refractivity contribution in [3.05, 3.63) is 11.6 Å². The molecule has 1 heterocycles. The van der Waals surface area contributed by atoms with Gasteiger partial charge in [-0.2, -0.15) is 13.2 Å². The van der Waals surface area contributed by atoms with E-state index in [1.54, 1.807) is 4.57 Å². The molecule has 120 valence electrons. The molecule has 1 saturated carbocycles. The monoisotopic (exact) mass is 305 g/mol. The van der Waals surface area contributed by atoms with Gasteiger partial charge in [-0.05, 0) is 40.0 Å². The lowest BCUT2D eigenvalue weighted by atomic mass is 9.80. The van der Waals surface area contributed by atoms with Gasteiger partial charge in [0.15, 0.2) is 5.82 Å². The standard InChI is InChI=1S/C14H22F3N3O/c1-13(2,3)20-11(8-21)18-19-12(20)9-5-4-6-10(7-9)14(15,16)17/h9-10,21H,4-8H2,1-3H3. The molecular formula is C14H22F3N3O. The lowest BCUT2D eigenvalue weighted by molar-refractivity contribution is -0.183. The minimum Gasteiger partial charge on any atom is -0.388 e. The fourth-order valence-corrected chi connectivity index (χ4v) is 3.15. The summed E-state index contributed by atoms with van der Waals surface area (Å²) in [6.45, 7) is 5.54. The normalized spacial score (nSPS) is 24.3. The highest BCUT2D eigenvalue weighted by Crippen LogP contribution is 2.43. The van der Waals surface area contributed by atoms with Crippen LogP contribution >= 0.6 is 0 Å². The summed E-state index contributed by atoms with van der Waals surface area (Å²) in [7, 11) is 0. The Labute approximate surface area is 122 Å². The summed E-state index contributed by atoms with van der Waals surface area (Å²) in [6, 6.07) is 0. The Hall–Kier alpha value is -1.11. The van der Waals surface area contributed by atoms with E-state index in [1.807, 2.05) is 20.8 Å². The first-order chi connectivity index (χ1) is 9.64. The van der Waals surface area contributed by atoms with Crippen LogP contribution < -0.4 is 0 Å². The average Bonchev–Trinajstić information content (AvgIpc) is 2.81. The molecule has 0 aromatic carbocycles. The van der Waals surface area contributed by atoms with Crippen molar-refractivity contribution < 1.29 is 18.3 Å². The van der Waals surface area contributed by atoms with Crippen LogP contribution in [-0.4, -0.2) is 26.0 Å². The number of halogens is 3. The molecule has 0 radical (unpaired) electrons. The lowest BCUT2D eigenvalue weighted by Gasteiger charge is -2.33. The molecule has 0 aliphatic heterocycles. The van der Waals surface area contributed by atoms with Gasteiger partial charge in [-0.15, -0.1) is 10.2 Å². The molecule has 1 aliphatic carbocycles. The summed E-state index contributed by atoms with van der Waals surface area (Å²) in [6.07, 6.45) is -2.67. The van der Waals surface area contributed by atoms with E-state index in [4.69, 9.17) is 0 Å². The maximum Gasteiger partial charge on any atom is 0.391 e. The van der Waals surface area contributed by atoms with Crippen LogP contribution in [0.1, 0.15) is 64.0 Å². The highest BCUT2D eigenvalue weighted by Gasteiger charge is 2.43. The molecule has 1 aromatic heterocycles. The Kier molecular flexibility index (Phi) is 4.33. The second-order valence-corrected chi connectivity index (χ2v) is 6.74. The van der Waals surface area contributed by atoms with Gasteiger partial charge < -0.3 is 9.67 Å². The number of alkyl halides is 3. The van der Waals surface area contributed by atoms with Gasteiger partial charge in [0.05, 0.1) is 5.92 Å². The number of aromatic nitrogens is 3. The molecule has 1 aliphatic rings. The second-order valence-electron chi connectivity index (χ2n) is 6.74. The Morgan fingerprint density at radius 3 is 2.38 bits per heavy atom. The van der Waals surface area contributed by atoms with Crippen molar-refractivity contribution in [2.75, 3.05) is 0 Å². The SMILES string of the molecule is CC(C)(C)n1c(CO)nnc1C1CCCC(C(F)(F)F)C1. The van der Waals surface area contributed by atoms with Gasteiger partial charge in [-0.25, -0.2) is 0 Å². The summed E-state index contributed by atoms with van der Waals surface area (Å²) < 4.78 is 40.6. The number of aliphatic hydroxyl groups excluding tert-OH is 1. The van der Waals surface area contributed by atoms with Gasteiger partial charge in [0.1, 0.15) is 12.4 Å². The molecule has 0 bridgehead atoms. The molecule has 1 N–H and O–H groups in total. The maximum absolute atomic E-state index is 13.0. The Bertz CT molecular complexity index is 491. The maximum atomic E-state index is 13.0. The summed E-state index contributed by atoms with van der Waals surface area (Å²) >= 11 is 0. The van der Waals surface area contributed by atoms with E-state index >= 15 is 0 Å². The van der Waals surface area contributed by atoms with Crippen LogP contribution in [0.3, 0.4) is 0 Å². The van der Waals surface area contributed by atoms with Crippen LogP contribution in [0.25, 0.3) is 0 Å². The van der Waals surface area contributed by atoms with Crippen LogP contribution in [0.15, 0.2) is 0 Å². The van der Waals surface area contributed by atoms with Gasteiger partial charge in [-0.3, -0.25) is 0 Å². The predicted molar refractivity (Wildman–Crippen MR) is 71.7 cm³/mol. The largest absolute Gasteiger partial charge is 0.391 e. The van der Waals surface area contributed by atoms with Crippen LogP contribution in [0.5, 0.6) is 0 Å². The zero-order valence-electron chi connectivity index (χ0n) is 12.6. The van der Waals surface area contributed by atoms with Crippen molar-refractivity contribution in [2.45, 2.75) is 70.7 Å². The topological polar surface area (TPSA) is 50.9 Å². The van der Waals surface area contributed by atoms with Gasteiger partial charge in [0, 0.05) is 11.5 Å². The summed E-state index contributed by atoms with van der Waals surface area (Å²) in [5.74, 6) is -0.538. The van der Waals surface area contributed by atoms with E-state index in [-0.39, 0.29) is 30.9 Å². The van der Waals surface area contributed by atoms with Crippen LogP contribution in [-0.2, 0) is 12.1 Å². The van der Waals surface area contributed by atoms with E-state index in [2.05, 4.69) is 10.2 Å². The molecule has 0 amide bonds. The number of hydrogen-bond donors (Lipinski definition) is 1. The molecule has 1 aromatic rings. The quantitative estimate of drug-likeness (QED) is 0.911. The average molecular weight is 305 g/mol. The van der Waals surface area contributed by atoms with Gasteiger partial charge in [-0.1, -0.05) is 6.42 Å². The zero-order chi connectivity index (χ0) is 15.8. The number of hydrogen-bond acceptors (Lipinski definition) is 3. The highest BCUT2D eigenvalue weighted by atomic mass is 19.4. The van der Waals surface area contributed by atoms with E-state index in [0.29, 0.717) is 24.5 Å². The zero-order valence-corrected chi connectivity index (χ0v) is 12.6. The molecular weight excluding hydrogens is 283 g/mol. The summed E-state index contributed by atoms with van der Waals surface area (Å²) in [5, 5.41) is 17.4. The first-order valence-electron chi connectivity index (χ1n) is 7.27. The molecule has 0 spiro atoms. The Morgan fingerprint density at radius 2 is 1.86 bits per heavy atom. The van der Waals surface area contributed by atoms with Crippen molar-refractivity contribution in [3.8, 4) is 0 Å². The van der Waals surface area contributed by atoms with Gasteiger partial charge >= 0.3 is 6.18 Å². The third kappa shape index (κ3) is 3.39. The minimum absolute atomic E-state index is 0.0587. The number of rotatable bonds is 2. The first kappa shape index (κ1) is 16.3. The number of nitrogens with zero attached hydrogens (tertiary/aromatic N) is 3. The van der Waals surface area contributed by atoms with Crippen molar-refractivity contribution in [2.24, 2.45) is 5.92 Å². The Balaban J connectivity index is 2.32. The lowest BCUT2D eigenvalue weighted by Crippen LogP contribution is -2.32. The molecule has 2 unspecified atom stereocenters. The van der Waals surface area contributed by atoms with E-state index in [1.165, 1.54) is 0 Å². The molecule has 0 saturated heterocycles. The van der Waals surface area contributed by atoms with Crippen LogP contribution in [0.2, 0.25) is 0 Å². The van der Waals surface area contributed by atoms with Crippen molar-refractivity contribution in [1.29, 1.82) is 0 Å². The predicted octanol–water partition coefficient (Wildman–Crippen LogP) is 3.36. The fourth-order valence-electron chi connectivity index (χ4n) is 3.15. The molecule has 4 nitrogen and oxygen atoms in total. The second kappa shape index (κ2) is 5.59. The van der Waals surface area contributed by atoms with Crippen molar-refractivity contribution in [3.63, 3.8) is 0 Å². The first-order valence-corrected chi connectivity index (χ1v) is 7.27. The van der Waals surface area contributed by atoms with Crippen LogP contribution in [0, 0.1) is 5.92 Å². The molecule has 7 heteroatoms.